The van der Waals surface area contributed by atoms with Crippen LogP contribution in [0, 0.1) is 11.7 Å². The number of halogens is 1. The van der Waals surface area contributed by atoms with Crippen LogP contribution >= 0.6 is 0 Å². The van der Waals surface area contributed by atoms with Crippen molar-refractivity contribution in [2.24, 2.45) is 5.92 Å². The van der Waals surface area contributed by atoms with Crippen molar-refractivity contribution in [2.75, 3.05) is 6.54 Å². The number of benzene rings is 1. The minimum atomic E-state index is -0.261. The third kappa shape index (κ3) is 2.88. The van der Waals surface area contributed by atoms with E-state index >= 15 is 0 Å². The predicted molar refractivity (Wildman–Crippen MR) is 68.5 cm³/mol. The molecule has 98 valence electrons. The van der Waals surface area contributed by atoms with Gasteiger partial charge in [-0.15, -0.1) is 0 Å². The van der Waals surface area contributed by atoms with Crippen LogP contribution in [0.5, 0.6) is 0 Å². The van der Waals surface area contributed by atoms with Crippen molar-refractivity contribution in [3.63, 3.8) is 0 Å². The molecule has 4 heteroatoms. The number of hydrogen-bond acceptors (Lipinski definition) is 2. The van der Waals surface area contributed by atoms with E-state index in [0.717, 1.165) is 18.5 Å². The first-order valence-electron chi connectivity index (χ1n) is 6.37. The standard InChI is InChI=1S/C14H19FN2O/c1-9-7-8-16-13(9)14(18)17-10(2)11-3-5-12(15)6-4-11/h3-6,9-10,13,16H,7-8H2,1-2H3,(H,17,18)/t9?,10-,13?/m1/s1. The molecule has 1 heterocycles. The molecule has 0 bridgehead atoms. The van der Waals surface area contributed by atoms with Crippen LogP contribution < -0.4 is 10.6 Å². The van der Waals surface area contributed by atoms with Crippen LogP contribution in [0.1, 0.15) is 31.9 Å². The van der Waals surface area contributed by atoms with Gasteiger partial charge in [0.25, 0.3) is 0 Å². The Bertz CT molecular complexity index is 418. The van der Waals surface area contributed by atoms with E-state index in [1.54, 1.807) is 12.1 Å². The summed E-state index contributed by atoms with van der Waals surface area (Å²) >= 11 is 0. The maximum atomic E-state index is 12.8. The van der Waals surface area contributed by atoms with Gasteiger partial charge in [-0.1, -0.05) is 19.1 Å². The van der Waals surface area contributed by atoms with Gasteiger partial charge in [0.15, 0.2) is 0 Å². The van der Waals surface area contributed by atoms with Gasteiger partial charge < -0.3 is 10.6 Å². The molecule has 2 N–H and O–H groups in total. The predicted octanol–water partition coefficient (Wildman–Crippen LogP) is 2.00. The minimum absolute atomic E-state index is 0.0248. The average Bonchev–Trinajstić information content (AvgIpc) is 2.76. The normalized spacial score (nSPS) is 24.8. The quantitative estimate of drug-likeness (QED) is 0.861. The van der Waals surface area contributed by atoms with Crippen LogP contribution in [-0.2, 0) is 4.79 Å². The summed E-state index contributed by atoms with van der Waals surface area (Å²) in [5.41, 5.74) is 0.912. The maximum Gasteiger partial charge on any atom is 0.237 e. The summed E-state index contributed by atoms with van der Waals surface area (Å²) in [6.45, 7) is 4.88. The van der Waals surface area contributed by atoms with Gasteiger partial charge in [-0.3, -0.25) is 4.79 Å². The second kappa shape index (κ2) is 5.48. The van der Waals surface area contributed by atoms with Gasteiger partial charge in [-0.2, -0.15) is 0 Å². The SMILES string of the molecule is CC1CCNC1C(=O)N[C@H](C)c1ccc(F)cc1. The van der Waals surface area contributed by atoms with Gasteiger partial charge in [-0.25, -0.2) is 4.39 Å². The zero-order valence-electron chi connectivity index (χ0n) is 10.7. The summed E-state index contributed by atoms with van der Waals surface area (Å²) < 4.78 is 12.8. The van der Waals surface area contributed by atoms with Crippen molar-refractivity contribution in [1.82, 2.24) is 10.6 Å². The smallest absolute Gasteiger partial charge is 0.237 e. The highest BCUT2D eigenvalue weighted by atomic mass is 19.1. The molecule has 0 radical (unpaired) electrons. The maximum absolute atomic E-state index is 12.8. The second-order valence-corrected chi connectivity index (χ2v) is 4.98. The molecule has 0 spiro atoms. The topological polar surface area (TPSA) is 41.1 Å². The third-order valence-corrected chi connectivity index (χ3v) is 3.54. The third-order valence-electron chi connectivity index (χ3n) is 3.54. The Kier molecular flexibility index (Phi) is 3.97. The van der Waals surface area contributed by atoms with E-state index in [4.69, 9.17) is 0 Å². The van der Waals surface area contributed by atoms with Gasteiger partial charge in [0.1, 0.15) is 5.82 Å². The van der Waals surface area contributed by atoms with Crippen molar-refractivity contribution in [3.05, 3.63) is 35.6 Å². The van der Waals surface area contributed by atoms with Crippen LogP contribution in [-0.4, -0.2) is 18.5 Å². The van der Waals surface area contributed by atoms with E-state index in [9.17, 15) is 9.18 Å². The number of nitrogens with one attached hydrogen (secondary N) is 2. The molecule has 1 aliphatic heterocycles. The van der Waals surface area contributed by atoms with Gasteiger partial charge in [0.05, 0.1) is 12.1 Å². The largest absolute Gasteiger partial charge is 0.348 e. The second-order valence-electron chi connectivity index (χ2n) is 4.98. The fraction of sp³-hybridized carbons (Fsp3) is 0.500. The average molecular weight is 250 g/mol. The molecule has 2 rings (SSSR count). The Hall–Kier alpha value is -1.42. The minimum Gasteiger partial charge on any atom is -0.348 e. The first-order chi connectivity index (χ1) is 8.58. The van der Waals surface area contributed by atoms with Gasteiger partial charge in [0.2, 0.25) is 5.91 Å². The molecule has 3 atom stereocenters. The Morgan fingerprint density at radius 3 is 2.67 bits per heavy atom. The van der Waals surface area contributed by atoms with Crippen molar-refractivity contribution >= 4 is 5.91 Å². The summed E-state index contributed by atoms with van der Waals surface area (Å²) in [6.07, 6.45) is 1.03. The molecule has 1 aromatic rings. The fourth-order valence-electron chi connectivity index (χ4n) is 2.32. The molecule has 2 unspecified atom stereocenters. The first kappa shape index (κ1) is 13.0. The number of amides is 1. The van der Waals surface area contributed by atoms with Crippen LogP contribution in [0.25, 0.3) is 0 Å². The summed E-state index contributed by atoms with van der Waals surface area (Å²) in [7, 11) is 0. The molecule has 0 aromatic heterocycles. The number of rotatable bonds is 3. The lowest BCUT2D eigenvalue weighted by Gasteiger charge is -2.20. The highest BCUT2D eigenvalue weighted by Gasteiger charge is 2.29. The van der Waals surface area contributed by atoms with Crippen molar-refractivity contribution in [1.29, 1.82) is 0 Å². The van der Waals surface area contributed by atoms with E-state index in [1.165, 1.54) is 12.1 Å². The van der Waals surface area contributed by atoms with Crippen molar-refractivity contribution in [2.45, 2.75) is 32.4 Å². The molecular weight excluding hydrogens is 231 g/mol. The van der Waals surface area contributed by atoms with Crippen molar-refractivity contribution in [3.8, 4) is 0 Å². The Labute approximate surface area is 107 Å². The Morgan fingerprint density at radius 1 is 1.44 bits per heavy atom. The van der Waals surface area contributed by atoms with Crippen LogP contribution in [0.4, 0.5) is 4.39 Å². The van der Waals surface area contributed by atoms with Gasteiger partial charge in [0, 0.05) is 0 Å². The number of carbonyl (C=O) groups is 1. The molecule has 1 aliphatic rings. The molecule has 1 fully saturated rings. The lowest BCUT2D eigenvalue weighted by Crippen LogP contribution is -2.44. The van der Waals surface area contributed by atoms with E-state index in [0.29, 0.717) is 5.92 Å². The zero-order chi connectivity index (χ0) is 13.1. The summed E-state index contributed by atoms with van der Waals surface area (Å²) in [4.78, 5) is 12.1. The van der Waals surface area contributed by atoms with Gasteiger partial charge in [-0.05, 0) is 43.5 Å². The highest BCUT2D eigenvalue weighted by Crippen LogP contribution is 2.17. The van der Waals surface area contributed by atoms with Crippen LogP contribution in [0.3, 0.4) is 0 Å². The van der Waals surface area contributed by atoms with E-state index in [2.05, 4.69) is 17.6 Å². The molecule has 18 heavy (non-hydrogen) atoms. The van der Waals surface area contributed by atoms with E-state index < -0.39 is 0 Å². The fourth-order valence-corrected chi connectivity index (χ4v) is 2.32. The van der Waals surface area contributed by atoms with E-state index in [1.807, 2.05) is 6.92 Å². The summed E-state index contributed by atoms with van der Waals surface area (Å²) in [6, 6.07) is 6.01. The summed E-state index contributed by atoms with van der Waals surface area (Å²) in [5.74, 6) is 0.130. The lowest BCUT2D eigenvalue weighted by molar-refractivity contribution is -0.124. The Balaban J connectivity index is 1.96. The van der Waals surface area contributed by atoms with Gasteiger partial charge >= 0.3 is 0 Å². The summed E-state index contributed by atoms with van der Waals surface area (Å²) in [5, 5.41) is 6.16. The molecule has 1 saturated heterocycles. The molecule has 1 amide bonds. The number of hydrogen-bond donors (Lipinski definition) is 2. The molecule has 1 aromatic carbocycles. The van der Waals surface area contributed by atoms with Crippen molar-refractivity contribution < 1.29 is 9.18 Å². The monoisotopic (exact) mass is 250 g/mol. The molecular formula is C14H19FN2O. The lowest BCUT2D eigenvalue weighted by atomic mass is 10.0. The molecule has 0 aliphatic carbocycles. The number of carbonyl (C=O) groups excluding carboxylic acids is 1. The highest BCUT2D eigenvalue weighted by molar-refractivity contribution is 5.82. The zero-order valence-corrected chi connectivity index (χ0v) is 10.7. The molecule has 3 nitrogen and oxygen atoms in total. The molecule has 0 saturated carbocycles. The van der Waals surface area contributed by atoms with Crippen LogP contribution in [0.15, 0.2) is 24.3 Å². The van der Waals surface area contributed by atoms with E-state index in [-0.39, 0.29) is 23.8 Å². The Morgan fingerprint density at radius 2 is 2.11 bits per heavy atom. The first-order valence-corrected chi connectivity index (χ1v) is 6.37. The van der Waals surface area contributed by atoms with Crippen LogP contribution in [0.2, 0.25) is 0 Å².